The summed E-state index contributed by atoms with van der Waals surface area (Å²) in [6, 6.07) is 0.914. The van der Waals surface area contributed by atoms with Crippen molar-refractivity contribution in [2.24, 2.45) is 11.8 Å². The van der Waals surface area contributed by atoms with E-state index in [-0.39, 0.29) is 0 Å². The zero-order valence-electron chi connectivity index (χ0n) is 11.0. The van der Waals surface area contributed by atoms with Crippen LogP contribution in [0, 0.1) is 11.8 Å². The van der Waals surface area contributed by atoms with Crippen molar-refractivity contribution in [2.75, 3.05) is 26.7 Å². The highest BCUT2D eigenvalue weighted by molar-refractivity contribution is 4.82. The summed E-state index contributed by atoms with van der Waals surface area (Å²) in [4.78, 5) is 2.51. The lowest BCUT2D eigenvalue weighted by molar-refractivity contribution is 0.272. The molecule has 2 fully saturated rings. The van der Waals surface area contributed by atoms with E-state index in [2.05, 4.69) is 24.2 Å². The summed E-state index contributed by atoms with van der Waals surface area (Å²) in [5.74, 6) is 1.94. The van der Waals surface area contributed by atoms with Gasteiger partial charge in [-0.2, -0.15) is 0 Å². The van der Waals surface area contributed by atoms with Gasteiger partial charge in [0.1, 0.15) is 0 Å². The molecule has 94 valence electrons. The van der Waals surface area contributed by atoms with E-state index in [0.29, 0.717) is 0 Å². The summed E-state index contributed by atoms with van der Waals surface area (Å²) in [5.41, 5.74) is 0. The van der Waals surface area contributed by atoms with E-state index in [1.165, 1.54) is 58.2 Å². The Balaban J connectivity index is 1.47. The Labute approximate surface area is 101 Å². The summed E-state index contributed by atoms with van der Waals surface area (Å²) in [7, 11) is 2.27. The van der Waals surface area contributed by atoms with Crippen LogP contribution >= 0.6 is 0 Å². The van der Waals surface area contributed by atoms with Gasteiger partial charge in [0.05, 0.1) is 0 Å². The second kappa shape index (κ2) is 6.02. The van der Waals surface area contributed by atoms with Gasteiger partial charge in [-0.15, -0.1) is 0 Å². The lowest BCUT2D eigenvalue weighted by atomic mass is 9.83. The third-order valence-corrected chi connectivity index (χ3v) is 4.38. The second-order valence-corrected chi connectivity index (χ2v) is 6.04. The second-order valence-electron chi connectivity index (χ2n) is 6.04. The fraction of sp³-hybridized carbons (Fsp3) is 1.00. The van der Waals surface area contributed by atoms with Gasteiger partial charge in [-0.3, -0.25) is 0 Å². The standard InChI is InChI=1S/C14H28N2/c1-12-3-5-13(6-4-12)11-15-9-10-16(2)14-7-8-14/h12-15H,3-11H2,1-2H3. The predicted molar refractivity (Wildman–Crippen MR) is 69.6 cm³/mol. The van der Waals surface area contributed by atoms with Crippen LogP contribution in [-0.2, 0) is 0 Å². The zero-order chi connectivity index (χ0) is 11.4. The monoisotopic (exact) mass is 224 g/mol. The molecule has 0 aliphatic heterocycles. The van der Waals surface area contributed by atoms with Gasteiger partial charge in [0.25, 0.3) is 0 Å². The molecule has 2 saturated carbocycles. The molecular weight excluding hydrogens is 196 g/mol. The highest BCUT2D eigenvalue weighted by Crippen LogP contribution is 2.27. The number of hydrogen-bond acceptors (Lipinski definition) is 2. The molecule has 2 aliphatic carbocycles. The van der Waals surface area contributed by atoms with Crippen LogP contribution in [0.1, 0.15) is 45.4 Å². The van der Waals surface area contributed by atoms with Crippen molar-refractivity contribution in [1.29, 1.82) is 0 Å². The first-order valence-corrected chi connectivity index (χ1v) is 7.16. The Morgan fingerprint density at radius 2 is 1.75 bits per heavy atom. The SMILES string of the molecule is CC1CCC(CNCCN(C)C2CC2)CC1. The first-order chi connectivity index (χ1) is 7.75. The lowest BCUT2D eigenvalue weighted by Crippen LogP contribution is -2.33. The molecule has 0 spiro atoms. The normalized spacial score (nSPS) is 30.9. The van der Waals surface area contributed by atoms with Crippen LogP contribution in [0.3, 0.4) is 0 Å². The summed E-state index contributed by atoms with van der Waals surface area (Å²) >= 11 is 0. The maximum atomic E-state index is 3.64. The van der Waals surface area contributed by atoms with Crippen molar-refractivity contribution in [3.63, 3.8) is 0 Å². The Bertz CT molecular complexity index is 193. The van der Waals surface area contributed by atoms with Gasteiger partial charge >= 0.3 is 0 Å². The van der Waals surface area contributed by atoms with Gasteiger partial charge in [0.2, 0.25) is 0 Å². The van der Waals surface area contributed by atoms with E-state index in [0.717, 1.165) is 17.9 Å². The van der Waals surface area contributed by atoms with Gasteiger partial charge in [-0.25, -0.2) is 0 Å². The fourth-order valence-electron chi connectivity index (χ4n) is 2.79. The van der Waals surface area contributed by atoms with E-state index < -0.39 is 0 Å². The molecule has 2 nitrogen and oxygen atoms in total. The molecule has 0 aromatic rings. The molecule has 1 N–H and O–H groups in total. The Morgan fingerprint density at radius 3 is 2.38 bits per heavy atom. The van der Waals surface area contributed by atoms with Crippen LogP contribution in [0.5, 0.6) is 0 Å². The summed E-state index contributed by atoms with van der Waals surface area (Å²) < 4.78 is 0. The van der Waals surface area contributed by atoms with Crippen molar-refractivity contribution in [3.8, 4) is 0 Å². The fourth-order valence-corrected chi connectivity index (χ4v) is 2.79. The largest absolute Gasteiger partial charge is 0.315 e. The molecule has 0 aromatic carbocycles. The van der Waals surface area contributed by atoms with Gasteiger partial charge in [0, 0.05) is 19.1 Å². The van der Waals surface area contributed by atoms with Gasteiger partial charge in [0.15, 0.2) is 0 Å². The van der Waals surface area contributed by atoms with Gasteiger partial charge in [-0.05, 0) is 51.1 Å². The van der Waals surface area contributed by atoms with Crippen molar-refractivity contribution in [2.45, 2.75) is 51.5 Å². The minimum atomic E-state index is 0.914. The summed E-state index contributed by atoms with van der Waals surface area (Å²) in [5, 5.41) is 3.64. The predicted octanol–water partition coefficient (Wildman–Crippen LogP) is 2.50. The van der Waals surface area contributed by atoms with Crippen LogP contribution in [0.4, 0.5) is 0 Å². The van der Waals surface area contributed by atoms with Gasteiger partial charge < -0.3 is 10.2 Å². The maximum Gasteiger partial charge on any atom is 0.0107 e. The molecule has 0 radical (unpaired) electrons. The van der Waals surface area contributed by atoms with Crippen molar-refractivity contribution in [1.82, 2.24) is 10.2 Å². The number of rotatable bonds is 6. The molecular formula is C14H28N2. The van der Waals surface area contributed by atoms with E-state index in [1.54, 1.807) is 0 Å². The average molecular weight is 224 g/mol. The van der Waals surface area contributed by atoms with E-state index >= 15 is 0 Å². The molecule has 16 heavy (non-hydrogen) atoms. The van der Waals surface area contributed by atoms with E-state index in [4.69, 9.17) is 0 Å². The maximum absolute atomic E-state index is 3.64. The van der Waals surface area contributed by atoms with Crippen LogP contribution in [0.25, 0.3) is 0 Å². The molecule has 0 aromatic heterocycles. The van der Waals surface area contributed by atoms with Crippen LogP contribution in [0.15, 0.2) is 0 Å². The van der Waals surface area contributed by atoms with Crippen molar-refractivity contribution >= 4 is 0 Å². The van der Waals surface area contributed by atoms with Crippen LogP contribution in [-0.4, -0.2) is 37.6 Å². The third kappa shape index (κ3) is 4.06. The summed E-state index contributed by atoms with van der Waals surface area (Å²) in [6.45, 7) is 6.06. The molecule has 0 saturated heterocycles. The van der Waals surface area contributed by atoms with Crippen molar-refractivity contribution < 1.29 is 0 Å². The van der Waals surface area contributed by atoms with E-state index in [1.807, 2.05) is 0 Å². The van der Waals surface area contributed by atoms with Gasteiger partial charge in [-0.1, -0.05) is 19.8 Å². The third-order valence-electron chi connectivity index (χ3n) is 4.38. The van der Waals surface area contributed by atoms with E-state index in [9.17, 15) is 0 Å². The van der Waals surface area contributed by atoms with Crippen LogP contribution < -0.4 is 5.32 Å². The number of nitrogens with one attached hydrogen (secondary N) is 1. The van der Waals surface area contributed by atoms with Crippen molar-refractivity contribution in [3.05, 3.63) is 0 Å². The average Bonchev–Trinajstić information content (AvgIpc) is 3.10. The minimum absolute atomic E-state index is 0.914. The Morgan fingerprint density at radius 1 is 1.06 bits per heavy atom. The minimum Gasteiger partial charge on any atom is -0.315 e. The first-order valence-electron chi connectivity index (χ1n) is 7.16. The highest BCUT2D eigenvalue weighted by atomic mass is 15.2. The molecule has 0 unspecified atom stereocenters. The lowest BCUT2D eigenvalue weighted by Gasteiger charge is -2.26. The Kier molecular flexibility index (Phi) is 4.66. The molecule has 0 amide bonds. The molecule has 2 rings (SSSR count). The number of nitrogens with zero attached hydrogens (tertiary/aromatic N) is 1. The molecule has 2 heteroatoms. The molecule has 2 aliphatic rings. The molecule has 0 heterocycles. The smallest absolute Gasteiger partial charge is 0.0107 e. The van der Waals surface area contributed by atoms with Crippen LogP contribution in [0.2, 0.25) is 0 Å². The zero-order valence-corrected chi connectivity index (χ0v) is 11.0. The topological polar surface area (TPSA) is 15.3 Å². The Hall–Kier alpha value is -0.0800. The number of likely N-dealkylation sites (N-methyl/N-ethyl adjacent to an activating group) is 1. The number of hydrogen-bond donors (Lipinski definition) is 1. The highest BCUT2D eigenvalue weighted by Gasteiger charge is 2.25. The summed E-state index contributed by atoms with van der Waals surface area (Å²) in [6.07, 6.45) is 8.66. The molecule has 0 atom stereocenters. The first kappa shape index (κ1) is 12.4. The molecule has 0 bridgehead atoms. The quantitative estimate of drug-likeness (QED) is 0.697.